The maximum atomic E-state index is 13.8. The Kier molecular flexibility index (Phi) is 6.15. The van der Waals surface area contributed by atoms with E-state index < -0.39 is 0 Å². The maximum Gasteiger partial charge on any atom is 0.127 e. The van der Waals surface area contributed by atoms with Crippen LogP contribution in [0.2, 0.25) is 0 Å². The van der Waals surface area contributed by atoms with Crippen molar-refractivity contribution in [2.24, 2.45) is 11.7 Å². The number of likely N-dealkylation sites (tertiary alicyclic amines) is 1. The zero-order chi connectivity index (χ0) is 15.2. The van der Waals surface area contributed by atoms with Gasteiger partial charge in [-0.15, -0.1) is 0 Å². The summed E-state index contributed by atoms with van der Waals surface area (Å²) in [7, 11) is 0. The van der Waals surface area contributed by atoms with Gasteiger partial charge in [-0.1, -0.05) is 31.5 Å². The Morgan fingerprint density at radius 2 is 2.14 bits per heavy atom. The normalized spacial score (nSPS) is 23.0. The zero-order valence-corrected chi connectivity index (χ0v) is 12.8. The van der Waals surface area contributed by atoms with Crippen molar-refractivity contribution in [2.45, 2.75) is 44.7 Å². The van der Waals surface area contributed by atoms with E-state index in [1.54, 1.807) is 12.1 Å². The van der Waals surface area contributed by atoms with Gasteiger partial charge in [0.15, 0.2) is 0 Å². The van der Waals surface area contributed by atoms with E-state index in [9.17, 15) is 9.50 Å². The van der Waals surface area contributed by atoms with E-state index in [1.807, 2.05) is 6.07 Å². The first-order chi connectivity index (χ1) is 10.1. The molecule has 1 aliphatic heterocycles. The Hall–Kier alpha value is -0.970. The van der Waals surface area contributed by atoms with Gasteiger partial charge in [0.1, 0.15) is 5.82 Å². The molecule has 2 rings (SSSR count). The Morgan fingerprint density at radius 3 is 2.86 bits per heavy atom. The molecule has 0 saturated carbocycles. The Labute approximate surface area is 126 Å². The SMILES string of the molecule is CC(CN1CCCCC1CCO)C(N)c1ccccc1F. The molecule has 0 radical (unpaired) electrons. The van der Waals surface area contributed by atoms with Crippen molar-refractivity contribution < 1.29 is 9.50 Å². The molecule has 3 atom stereocenters. The van der Waals surface area contributed by atoms with Crippen LogP contribution in [0.25, 0.3) is 0 Å². The van der Waals surface area contributed by atoms with Crippen molar-refractivity contribution >= 4 is 0 Å². The zero-order valence-electron chi connectivity index (χ0n) is 12.8. The number of aliphatic hydroxyl groups is 1. The van der Waals surface area contributed by atoms with E-state index >= 15 is 0 Å². The van der Waals surface area contributed by atoms with Crippen molar-refractivity contribution in [3.8, 4) is 0 Å². The Bertz CT molecular complexity index is 439. The van der Waals surface area contributed by atoms with Crippen molar-refractivity contribution in [1.29, 1.82) is 0 Å². The fourth-order valence-corrected chi connectivity index (χ4v) is 3.31. The first kappa shape index (κ1) is 16.4. The number of nitrogens with two attached hydrogens (primary N) is 1. The third-order valence-corrected chi connectivity index (χ3v) is 4.61. The van der Waals surface area contributed by atoms with E-state index in [0.717, 1.165) is 25.9 Å². The summed E-state index contributed by atoms with van der Waals surface area (Å²) in [5.74, 6) is -0.0383. The lowest BCUT2D eigenvalue weighted by Crippen LogP contribution is -2.44. The predicted molar refractivity (Wildman–Crippen MR) is 83.4 cm³/mol. The molecule has 3 N–H and O–H groups in total. The third-order valence-electron chi connectivity index (χ3n) is 4.61. The van der Waals surface area contributed by atoms with E-state index in [0.29, 0.717) is 11.6 Å². The quantitative estimate of drug-likeness (QED) is 0.848. The van der Waals surface area contributed by atoms with E-state index in [-0.39, 0.29) is 24.4 Å². The van der Waals surface area contributed by atoms with Crippen LogP contribution < -0.4 is 5.73 Å². The highest BCUT2D eigenvalue weighted by Gasteiger charge is 2.26. The Morgan fingerprint density at radius 1 is 1.38 bits per heavy atom. The average Bonchev–Trinajstić information content (AvgIpc) is 2.49. The van der Waals surface area contributed by atoms with Gasteiger partial charge in [0.05, 0.1) is 0 Å². The number of piperidine rings is 1. The highest BCUT2D eigenvalue weighted by Crippen LogP contribution is 2.26. The highest BCUT2D eigenvalue weighted by molar-refractivity contribution is 5.21. The van der Waals surface area contributed by atoms with E-state index in [2.05, 4.69) is 11.8 Å². The van der Waals surface area contributed by atoms with Crippen LogP contribution in [0.3, 0.4) is 0 Å². The van der Waals surface area contributed by atoms with Crippen LogP contribution in [0.4, 0.5) is 4.39 Å². The Balaban J connectivity index is 1.99. The maximum absolute atomic E-state index is 13.8. The lowest BCUT2D eigenvalue weighted by Gasteiger charge is -2.38. The summed E-state index contributed by atoms with van der Waals surface area (Å²) in [4.78, 5) is 2.42. The molecular formula is C17H27FN2O. The van der Waals surface area contributed by atoms with E-state index in [1.165, 1.54) is 18.9 Å². The molecule has 3 nitrogen and oxygen atoms in total. The second kappa shape index (κ2) is 7.87. The molecule has 1 aliphatic rings. The molecule has 3 unspecified atom stereocenters. The van der Waals surface area contributed by atoms with Gasteiger partial charge in [-0.25, -0.2) is 4.39 Å². The number of nitrogens with zero attached hydrogens (tertiary/aromatic N) is 1. The lowest BCUT2D eigenvalue weighted by molar-refractivity contribution is 0.0992. The predicted octanol–water partition coefficient (Wildman–Crippen LogP) is 2.70. The summed E-state index contributed by atoms with van der Waals surface area (Å²) in [5, 5.41) is 9.19. The molecule has 1 aromatic carbocycles. The molecule has 0 aliphatic carbocycles. The third kappa shape index (κ3) is 4.25. The number of halogens is 1. The summed E-state index contributed by atoms with van der Waals surface area (Å²) in [6.45, 7) is 4.23. The van der Waals surface area contributed by atoms with Gasteiger partial charge in [0, 0.05) is 30.8 Å². The summed E-state index contributed by atoms with van der Waals surface area (Å²) < 4.78 is 13.8. The molecule has 118 valence electrons. The molecule has 1 fully saturated rings. The topological polar surface area (TPSA) is 49.5 Å². The van der Waals surface area contributed by atoms with Gasteiger partial charge < -0.3 is 10.8 Å². The molecule has 1 heterocycles. The van der Waals surface area contributed by atoms with Crippen LogP contribution in [0.15, 0.2) is 24.3 Å². The van der Waals surface area contributed by atoms with Crippen LogP contribution >= 0.6 is 0 Å². The van der Waals surface area contributed by atoms with Crippen molar-refractivity contribution in [1.82, 2.24) is 4.90 Å². The van der Waals surface area contributed by atoms with Gasteiger partial charge >= 0.3 is 0 Å². The summed E-state index contributed by atoms with van der Waals surface area (Å²) in [5.41, 5.74) is 6.86. The standard InChI is InChI=1S/C17H27FN2O/c1-13(17(19)15-7-2-3-8-16(15)18)12-20-10-5-4-6-14(20)9-11-21/h2-3,7-8,13-14,17,21H,4-6,9-12,19H2,1H3. The fourth-order valence-electron chi connectivity index (χ4n) is 3.31. The van der Waals surface area contributed by atoms with Crippen LogP contribution in [0.5, 0.6) is 0 Å². The summed E-state index contributed by atoms with van der Waals surface area (Å²) in [6, 6.07) is 6.93. The molecule has 0 aromatic heterocycles. The van der Waals surface area contributed by atoms with Gasteiger partial charge in [-0.3, -0.25) is 4.90 Å². The molecule has 0 amide bonds. The van der Waals surface area contributed by atoms with Crippen molar-refractivity contribution in [3.63, 3.8) is 0 Å². The van der Waals surface area contributed by atoms with Gasteiger partial charge in [-0.05, 0) is 37.8 Å². The molecule has 4 heteroatoms. The van der Waals surface area contributed by atoms with Crippen LogP contribution in [0.1, 0.15) is 44.2 Å². The largest absolute Gasteiger partial charge is 0.396 e. The average molecular weight is 294 g/mol. The monoisotopic (exact) mass is 294 g/mol. The minimum absolute atomic E-state index is 0.182. The second-order valence-corrected chi connectivity index (χ2v) is 6.18. The number of rotatable bonds is 6. The minimum Gasteiger partial charge on any atom is -0.396 e. The van der Waals surface area contributed by atoms with Crippen LogP contribution in [-0.4, -0.2) is 35.7 Å². The minimum atomic E-state index is -0.289. The molecule has 1 saturated heterocycles. The summed E-state index contributed by atoms with van der Waals surface area (Å²) in [6.07, 6.45) is 4.39. The van der Waals surface area contributed by atoms with E-state index in [4.69, 9.17) is 5.73 Å². The van der Waals surface area contributed by atoms with Crippen molar-refractivity contribution in [3.05, 3.63) is 35.6 Å². The molecule has 0 spiro atoms. The molecular weight excluding hydrogens is 267 g/mol. The lowest BCUT2D eigenvalue weighted by atomic mass is 9.92. The highest BCUT2D eigenvalue weighted by atomic mass is 19.1. The summed E-state index contributed by atoms with van der Waals surface area (Å²) >= 11 is 0. The van der Waals surface area contributed by atoms with Gasteiger partial charge in [0.25, 0.3) is 0 Å². The smallest absolute Gasteiger partial charge is 0.127 e. The van der Waals surface area contributed by atoms with Crippen LogP contribution in [-0.2, 0) is 0 Å². The second-order valence-electron chi connectivity index (χ2n) is 6.18. The number of hydrogen-bond acceptors (Lipinski definition) is 3. The van der Waals surface area contributed by atoms with Gasteiger partial charge in [0.2, 0.25) is 0 Å². The van der Waals surface area contributed by atoms with Crippen LogP contribution in [0, 0.1) is 11.7 Å². The molecule has 0 bridgehead atoms. The number of aliphatic hydroxyl groups excluding tert-OH is 1. The number of benzene rings is 1. The first-order valence-corrected chi connectivity index (χ1v) is 7.98. The van der Waals surface area contributed by atoms with Crippen molar-refractivity contribution in [2.75, 3.05) is 19.7 Å². The number of hydrogen-bond donors (Lipinski definition) is 2. The first-order valence-electron chi connectivity index (χ1n) is 7.98. The van der Waals surface area contributed by atoms with Gasteiger partial charge in [-0.2, -0.15) is 0 Å². The molecule has 21 heavy (non-hydrogen) atoms. The molecule has 1 aromatic rings. The fraction of sp³-hybridized carbons (Fsp3) is 0.647.